The Morgan fingerprint density at radius 1 is 1.21 bits per heavy atom. The number of aliphatic imine (C=N–C) groups is 1. The number of aromatic nitrogens is 1. The van der Waals surface area contributed by atoms with Crippen LogP contribution >= 0.6 is 0 Å². The Labute approximate surface area is 191 Å². The highest BCUT2D eigenvalue weighted by Gasteiger charge is 2.25. The number of halogens is 1. The molecule has 2 aliphatic heterocycles. The van der Waals surface area contributed by atoms with Crippen molar-refractivity contribution >= 4 is 40.4 Å². The summed E-state index contributed by atoms with van der Waals surface area (Å²) in [5, 5.41) is 5.48. The van der Waals surface area contributed by atoms with Crippen molar-refractivity contribution in [2.24, 2.45) is 16.6 Å². The van der Waals surface area contributed by atoms with Crippen molar-refractivity contribution in [1.29, 1.82) is 0 Å². The highest BCUT2D eigenvalue weighted by Crippen LogP contribution is 2.33. The van der Waals surface area contributed by atoms with Crippen molar-refractivity contribution in [2.45, 2.75) is 26.2 Å². The van der Waals surface area contributed by atoms with E-state index in [1.807, 2.05) is 11.0 Å². The predicted molar refractivity (Wildman–Crippen MR) is 128 cm³/mol. The van der Waals surface area contributed by atoms with Crippen LogP contribution < -0.4 is 21.3 Å². The monoisotopic (exact) mass is 450 g/mol. The molecule has 2 aromatic rings. The molecule has 2 amide bonds. The van der Waals surface area contributed by atoms with Gasteiger partial charge in [-0.15, -0.1) is 0 Å². The second kappa shape index (κ2) is 9.91. The molecular weight excluding hydrogens is 423 g/mol. The highest BCUT2D eigenvalue weighted by molar-refractivity contribution is 6.45. The van der Waals surface area contributed by atoms with Gasteiger partial charge >= 0.3 is 0 Å². The Hall–Kier alpha value is -3.59. The number of nitrogens with zero attached hydrogens (tertiary/aromatic N) is 3. The summed E-state index contributed by atoms with van der Waals surface area (Å²) in [6.07, 6.45) is 5.55. The Kier molecular flexibility index (Phi) is 6.79. The lowest BCUT2D eigenvalue weighted by atomic mass is 9.96. The van der Waals surface area contributed by atoms with Crippen LogP contribution in [0, 0.1) is 11.7 Å². The smallest absolute Gasteiger partial charge is 0.270 e. The SMILES string of the molecule is CC(=O)Nc1cc(C2=CCC(C(=O)Nc3cccc(F)c3N3CCC(CN)CC3)=N2)ccn1. The molecule has 4 N–H and O–H groups in total. The molecule has 3 heterocycles. The van der Waals surface area contributed by atoms with Crippen LogP contribution in [0.3, 0.4) is 0 Å². The normalized spacial score (nSPS) is 16.3. The second-order valence-electron chi connectivity index (χ2n) is 8.22. The van der Waals surface area contributed by atoms with Crippen molar-refractivity contribution < 1.29 is 14.0 Å². The van der Waals surface area contributed by atoms with Crippen LogP contribution in [0.5, 0.6) is 0 Å². The lowest BCUT2D eigenvalue weighted by molar-refractivity contribution is -0.114. The second-order valence-corrected chi connectivity index (χ2v) is 8.22. The van der Waals surface area contributed by atoms with E-state index in [2.05, 4.69) is 20.6 Å². The van der Waals surface area contributed by atoms with Gasteiger partial charge in [-0.05, 0) is 49.6 Å². The number of benzene rings is 1. The molecular formula is C24H27FN6O2. The summed E-state index contributed by atoms with van der Waals surface area (Å²) < 4.78 is 14.8. The standard InChI is InChI=1S/C24H27FN6O2/c1-15(32)28-22-13-17(7-10-27-22)19-5-6-21(29-19)24(33)30-20-4-2-3-18(25)23(20)31-11-8-16(14-26)9-12-31/h2-5,7,10,13,16H,6,8-9,11-12,14,26H2,1H3,(H,30,33)(H,27,28,32). The number of amides is 2. The first-order valence-electron chi connectivity index (χ1n) is 11.0. The number of nitrogens with one attached hydrogen (secondary N) is 2. The number of rotatable bonds is 6. The molecule has 8 nitrogen and oxygen atoms in total. The van der Waals surface area contributed by atoms with E-state index in [0.29, 0.717) is 60.6 Å². The molecule has 4 rings (SSSR count). The molecule has 0 atom stereocenters. The highest BCUT2D eigenvalue weighted by atomic mass is 19.1. The number of carbonyl (C=O) groups excluding carboxylic acids is 2. The quantitative estimate of drug-likeness (QED) is 0.626. The van der Waals surface area contributed by atoms with Crippen LogP contribution in [0.4, 0.5) is 21.6 Å². The van der Waals surface area contributed by atoms with Gasteiger partial charge in [-0.25, -0.2) is 14.4 Å². The fraction of sp³-hybridized carbons (Fsp3) is 0.333. The molecule has 0 radical (unpaired) electrons. The number of pyridine rings is 1. The molecule has 2 aliphatic rings. The van der Waals surface area contributed by atoms with E-state index in [0.717, 1.165) is 18.4 Å². The van der Waals surface area contributed by atoms with Crippen molar-refractivity contribution in [3.05, 3.63) is 54.0 Å². The number of hydrogen-bond donors (Lipinski definition) is 3. The van der Waals surface area contributed by atoms with E-state index in [1.165, 1.54) is 13.0 Å². The minimum Gasteiger partial charge on any atom is -0.367 e. The number of para-hydroxylation sites is 1. The molecule has 9 heteroatoms. The van der Waals surface area contributed by atoms with Gasteiger partial charge in [0.15, 0.2) is 0 Å². The average molecular weight is 451 g/mol. The number of nitrogens with two attached hydrogens (primary N) is 1. The van der Waals surface area contributed by atoms with Gasteiger partial charge in [-0.2, -0.15) is 0 Å². The Morgan fingerprint density at radius 2 is 2.00 bits per heavy atom. The minimum atomic E-state index is -0.374. The fourth-order valence-corrected chi connectivity index (χ4v) is 4.12. The maximum absolute atomic E-state index is 14.8. The number of anilines is 3. The van der Waals surface area contributed by atoms with Gasteiger partial charge in [0.2, 0.25) is 5.91 Å². The summed E-state index contributed by atoms with van der Waals surface area (Å²) in [6.45, 7) is 3.42. The van der Waals surface area contributed by atoms with E-state index in [-0.39, 0.29) is 17.6 Å². The largest absolute Gasteiger partial charge is 0.367 e. The zero-order valence-corrected chi connectivity index (χ0v) is 18.5. The maximum Gasteiger partial charge on any atom is 0.270 e. The van der Waals surface area contributed by atoms with Crippen molar-refractivity contribution in [2.75, 3.05) is 35.2 Å². The Bertz CT molecular complexity index is 1120. The number of hydrogen-bond acceptors (Lipinski definition) is 6. The fourth-order valence-electron chi connectivity index (χ4n) is 4.12. The summed E-state index contributed by atoms with van der Waals surface area (Å²) in [5.74, 6) is -0.101. The maximum atomic E-state index is 14.8. The molecule has 0 saturated carbocycles. The number of carbonyl (C=O) groups is 2. The first-order chi connectivity index (χ1) is 15.9. The molecule has 1 fully saturated rings. The molecule has 1 aromatic carbocycles. The lowest BCUT2D eigenvalue weighted by Crippen LogP contribution is -2.37. The zero-order chi connectivity index (χ0) is 23.4. The van der Waals surface area contributed by atoms with Crippen LogP contribution in [0.2, 0.25) is 0 Å². The molecule has 0 unspecified atom stereocenters. The third-order valence-electron chi connectivity index (χ3n) is 5.87. The van der Waals surface area contributed by atoms with Gasteiger partial charge in [0, 0.05) is 38.2 Å². The summed E-state index contributed by atoms with van der Waals surface area (Å²) in [4.78, 5) is 34.8. The molecule has 0 bridgehead atoms. The van der Waals surface area contributed by atoms with E-state index >= 15 is 0 Å². The summed E-state index contributed by atoms with van der Waals surface area (Å²) in [7, 11) is 0. The van der Waals surface area contributed by atoms with Gasteiger partial charge in [0.1, 0.15) is 17.3 Å². The third kappa shape index (κ3) is 5.25. The predicted octanol–water partition coefficient (Wildman–Crippen LogP) is 3.18. The first-order valence-corrected chi connectivity index (χ1v) is 11.0. The van der Waals surface area contributed by atoms with Crippen molar-refractivity contribution in [3.8, 4) is 0 Å². The molecule has 0 aliphatic carbocycles. The van der Waals surface area contributed by atoms with Gasteiger partial charge in [-0.1, -0.05) is 12.1 Å². The summed E-state index contributed by atoms with van der Waals surface area (Å²) >= 11 is 0. The molecule has 172 valence electrons. The Balaban J connectivity index is 1.49. The Morgan fingerprint density at radius 3 is 2.73 bits per heavy atom. The van der Waals surface area contributed by atoms with Crippen LogP contribution in [-0.2, 0) is 9.59 Å². The number of piperidine rings is 1. The van der Waals surface area contributed by atoms with Crippen LogP contribution in [-0.4, -0.2) is 42.1 Å². The topological polar surface area (TPSA) is 113 Å². The van der Waals surface area contributed by atoms with E-state index in [1.54, 1.807) is 30.5 Å². The summed E-state index contributed by atoms with van der Waals surface area (Å²) in [6, 6.07) is 8.16. The van der Waals surface area contributed by atoms with Crippen LogP contribution in [0.25, 0.3) is 5.70 Å². The third-order valence-corrected chi connectivity index (χ3v) is 5.87. The molecule has 1 aromatic heterocycles. The lowest BCUT2D eigenvalue weighted by Gasteiger charge is -2.34. The average Bonchev–Trinajstić information content (AvgIpc) is 3.30. The van der Waals surface area contributed by atoms with E-state index in [4.69, 9.17) is 5.73 Å². The van der Waals surface area contributed by atoms with E-state index in [9.17, 15) is 14.0 Å². The van der Waals surface area contributed by atoms with Gasteiger partial charge in [0.25, 0.3) is 5.91 Å². The van der Waals surface area contributed by atoms with Gasteiger partial charge in [-0.3, -0.25) is 9.59 Å². The number of allylic oxidation sites excluding steroid dienone is 1. The zero-order valence-electron chi connectivity index (χ0n) is 18.5. The van der Waals surface area contributed by atoms with Crippen molar-refractivity contribution in [3.63, 3.8) is 0 Å². The van der Waals surface area contributed by atoms with E-state index < -0.39 is 0 Å². The van der Waals surface area contributed by atoms with Crippen LogP contribution in [0.1, 0.15) is 31.7 Å². The summed E-state index contributed by atoms with van der Waals surface area (Å²) in [5.41, 5.74) is 8.31. The first kappa shape index (κ1) is 22.6. The van der Waals surface area contributed by atoms with Crippen molar-refractivity contribution in [1.82, 2.24) is 4.98 Å². The van der Waals surface area contributed by atoms with Gasteiger partial charge < -0.3 is 21.3 Å². The molecule has 0 spiro atoms. The molecule has 1 saturated heterocycles. The molecule has 33 heavy (non-hydrogen) atoms. The van der Waals surface area contributed by atoms with Gasteiger partial charge in [0.05, 0.1) is 17.1 Å². The van der Waals surface area contributed by atoms with Crippen LogP contribution in [0.15, 0.2) is 47.6 Å². The minimum absolute atomic E-state index is 0.221.